The van der Waals surface area contributed by atoms with E-state index in [0.29, 0.717) is 31.0 Å². The Balaban J connectivity index is 0.000000191. The Bertz CT molecular complexity index is 1830. The Kier molecular flexibility index (Phi) is 11.0. The smallest absolute Gasteiger partial charge is 0.336 e. The summed E-state index contributed by atoms with van der Waals surface area (Å²) in [6.45, 7) is 4.69. The Labute approximate surface area is 287 Å². The van der Waals surface area contributed by atoms with E-state index in [2.05, 4.69) is 20.2 Å². The number of rotatable bonds is 9. The van der Waals surface area contributed by atoms with Crippen molar-refractivity contribution in [3.05, 3.63) is 52.2 Å². The molecule has 2 saturated heterocycles. The lowest BCUT2D eigenvalue weighted by Crippen LogP contribution is -2.27. The molecule has 0 aliphatic carbocycles. The first-order chi connectivity index (χ1) is 23.1. The van der Waals surface area contributed by atoms with Crippen LogP contribution >= 0.6 is 23.4 Å². The van der Waals surface area contributed by atoms with Crippen LogP contribution in [0.15, 0.2) is 29.3 Å². The number of nitrogens with zero attached hydrogens (tertiary/aromatic N) is 8. The maximum atomic E-state index is 13.4. The van der Waals surface area contributed by atoms with Gasteiger partial charge in [0, 0.05) is 25.9 Å². The molecule has 0 N–H and O–H groups in total. The van der Waals surface area contributed by atoms with Crippen LogP contribution < -0.4 is 0 Å². The standard InChI is InChI=1S/C16H19F3N4OS.C15H16ClF3N4O/c1-3-4-10-7-14(24)22(8-10)9-11-15(16(17,18)19)20-12-5-6-13(25-2)21-23(11)12;1-2-3-9-6-13(24)22(7-9)8-10-14(15(17,18)19)20-12-5-4-11(16)21-23(10)12/h5-6,10H,3-4,7-9H2,1-2H3;4-5,9H,2-3,6-8H2,1H3. The molecule has 0 bridgehead atoms. The molecule has 0 radical (unpaired) electrons. The van der Waals surface area contributed by atoms with Gasteiger partial charge in [0.15, 0.2) is 22.7 Å². The summed E-state index contributed by atoms with van der Waals surface area (Å²) < 4.78 is 82.5. The van der Waals surface area contributed by atoms with E-state index in [1.165, 1.54) is 44.3 Å². The zero-order valence-corrected chi connectivity index (χ0v) is 28.6. The first kappa shape index (κ1) is 36.7. The molecule has 6 rings (SSSR count). The number of halogens is 7. The van der Waals surface area contributed by atoms with Gasteiger partial charge < -0.3 is 9.80 Å². The fourth-order valence-corrected chi connectivity index (χ4v) is 6.85. The van der Waals surface area contributed by atoms with Crippen molar-refractivity contribution in [3.8, 4) is 0 Å². The van der Waals surface area contributed by atoms with Gasteiger partial charge in [0.05, 0.1) is 24.5 Å². The van der Waals surface area contributed by atoms with Crippen molar-refractivity contribution in [1.82, 2.24) is 39.0 Å². The Morgan fingerprint density at radius 2 is 1.20 bits per heavy atom. The van der Waals surface area contributed by atoms with Gasteiger partial charge in [0.1, 0.15) is 10.2 Å². The van der Waals surface area contributed by atoms with Crippen molar-refractivity contribution in [3.63, 3.8) is 0 Å². The van der Waals surface area contributed by atoms with Crippen LogP contribution in [0.5, 0.6) is 0 Å². The SMILES string of the molecule is CCCC1CC(=O)N(Cc2c(C(F)(F)F)nc3ccc(Cl)nn23)C1.CCCC1CC(=O)N(Cc2c(C(F)(F)F)nc3ccc(SC)nn23)C1. The molecule has 10 nitrogen and oxygen atoms in total. The van der Waals surface area contributed by atoms with Crippen molar-refractivity contribution in [2.75, 3.05) is 19.3 Å². The minimum absolute atomic E-state index is 0.0541. The summed E-state index contributed by atoms with van der Waals surface area (Å²) in [4.78, 5) is 34.6. The quantitative estimate of drug-likeness (QED) is 0.133. The number of amides is 2. The Morgan fingerprint density at radius 1 is 0.755 bits per heavy atom. The summed E-state index contributed by atoms with van der Waals surface area (Å²) in [5.74, 6) is 0.148. The number of thioether (sulfide) groups is 1. The van der Waals surface area contributed by atoms with Crippen molar-refractivity contribution < 1.29 is 35.9 Å². The molecule has 2 aliphatic rings. The summed E-state index contributed by atoms with van der Waals surface area (Å²) >= 11 is 7.14. The fraction of sp³-hybridized carbons (Fsp3) is 0.548. The topological polar surface area (TPSA) is 101 Å². The van der Waals surface area contributed by atoms with Gasteiger partial charge in [-0.05, 0) is 55.2 Å². The molecule has 2 atom stereocenters. The number of alkyl halides is 6. The lowest BCUT2D eigenvalue weighted by Gasteiger charge is -2.17. The molecule has 18 heteroatoms. The second-order valence-electron chi connectivity index (χ2n) is 12.1. The summed E-state index contributed by atoms with van der Waals surface area (Å²) in [7, 11) is 0. The van der Waals surface area contributed by atoms with E-state index < -0.39 is 23.7 Å². The fourth-order valence-electron chi connectivity index (χ4n) is 6.34. The third kappa shape index (κ3) is 8.24. The third-order valence-corrected chi connectivity index (χ3v) is 9.33. The van der Waals surface area contributed by atoms with Gasteiger partial charge in [-0.1, -0.05) is 38.3 Å². The summed E-state index contributed by atoms with van der Waals surface area (Å²) in [6, 6.07) is 5.91. The second-order valence-corrected chi connectivity index (χ2v) is 13.4. The van der Waals surface area contributed by atoms with E-state index in [4.69, 9.17) is 11.6 Å². The van der Waals surface area contributed by atoms with Gasteiger partial charge in [-0.2, -0.15) is 36.5 Å². The minimum atomic E-state index is -4.62. The molecule has 6 heterocycles. The molecule has 2 fully saturated rings. The van der Waals surface area contributed by atoms with Crippen LogP contribution in [0.25, 0.3) is 11.3 Å². The van der Waals surface area contributed by atoms with E-state index in [-0.39, 0.29) is 64.6 Å². The normalized spacial score (nSPS) is 18.7. The minimum Gasteiger partial charge on any atom is -0.336 e. The van der Waals surface area contributed by atoms with Gasteiger partial charge in [-0.25, -0.2) is 19.0 Å². The zero-order chi connectivity index (χ0) is 35.7. The van der Waals surface area contributed by atoms with Crippen LogP contribution in [-0.4, -0.2) is 70.2 Å². The first-order valence-corrected chi connectivity index (χ1v) is 17.4. The number of hydrogen-bond donors (Lipinski definition) is 0. The number of imidazole rings is 2. The van der Waals surface area contributed by atoms with Gasteiger partial charge in [0.2, 0.25) is 11.8 Å². The van der Waals surface area contributed by atoms with E-state index in [1.54, 1.807) is 12.3 Å². The Morgan fingerprint density at radius 3 is 1.63 bits per heavy atom. The van der Waals surface area contributed by atoms with E-state index in [1.807, 2.05) is 13.8 Å². The summed E-state index contributed by atoms with van der Waals surface area (Å²) in [5.41, 5.74) is -2.04. The van der Waals surface area contributed by atoms with Crippen LogP contribution in [0.1, 0.15) is 75.1 Å². The van der Waals surface area contributed by atoms with Gasteiger partial charge in [-0.3, -0.25) is 9.59 Å². The largest absolute Gasteiger partial charge is 0.435 e. The molecule has 2 unspecified atom stereocenters. The first-order valence-electron chi connectivity index (χ1n) is 15.8. The molecule has 4 aromatic rings. The molecular weight excluding hydrogens is 698 g/mol. The highest BCUT2D eigenvalue weighted by atomic mass is 35.5. The Hall–Kier alpha value is -3.60. The lowest BCUT2D eigenvalue weighted by molar-refractivity contribution is -0.143. The molecule has 0 spiro atoms. The molecule has 266 valence electrons. The molecule has 49 heavy (non-hydrogen) atoms. The van der Waals surface area contributed by atoms with E-state index in [9.17, 15) is 35.9 Å². The highest BCUT2D eigenvalue weighted by Gasteiger charge is 2.41. The van der Waals surface area contributed by atoms with E-state index >= 15 is 0 Å². The maximum Gasteiger partial charge on any atom is 0.435 e. The highest BCUT2D eigenvalue weighted by Crippen LogP contribution is 2.35. The molecule has 0 aromatic carbocycles. The predicted molar refractivity (Wildman–Crippen MR) is 170 cm³/mol. The van der Waals surface area contributed by atoms with E-state index in [0.717, 1.165) is 30.2 Å². The molecular formula is C31H35ClF6N8O2S. The molecule has 0 saturated carbocycles. The average Bonchev–Trinajstić information content (AvgIpc) is 3.77. The summed E-state index contributed by atoms with van der Waals surface area (Å²) in [5, 5.41) is 8.80. The number of hydrogen-bond acceptors (Lipinski definition) is 7. The lowest BCUT2D eigenvalue weighted by atomic mass is 10.0. The van der Waals surface area contributed by atoms with Crippen LogP contribution in [-0.2, 0) is 35.0 Å². The van der Waals surface area contributed by atoms with Crippen molar-refractivity contribution in [1.29, 1.82) is 0 Å². The second kappa shape index (κ2) is 14.7. The van der Waals surface area contributed by atoms with Crippen LogP contribution in [0.4, 0.5) is 26.3 Å². The molecule has 2 amide bonds. The number of aromatic nitrogens is 6. The molecule has 4 aromatic heterocycles. The maximum absolute atomic E-state index is 13.4. The highest BCUT2D eigenvalue weighted by molar-refractivity contribution is 7.98. The number of fused-ring (bicyclic) bond motifs is 2. The number of likely N-dealkylation sites (tertiary alicyclic amines) is 2. The molecule has 2 aliphatic heterocycles. The van der Waals surface area contributed by atoms with Crippen molar-refractivity contribution in [2.24, 2.45) is 11.8 Å². The number of carbonyl (C=O) groups is 2. The van der Waals surface area contributed by atoms with Crippen LogP contribution in [0.3, 0.4) is 0 Å². The van der Waals surface area contributed by atoms with Crippen molar-refractivity contribution >= 4 is 46.5 Å². The predicted octanol–water partition coefficient (Wildman–Crippen LogP) is 7.17. The van der Waals surface area contributed by atoms with Gasteiger partial charge in [0.25, 0.3) is 0 Å². The third-order valence-electron chi connectivity index (χ3n) is 8.49. The van der Waals surface area contributed by atoms with Crippen molar-refractivity contribution in [2.45, 2.75) is 82.8 Å². The van der Waals surface area contributed by atoms with Gasteiger partial charge >= 0.3 is 12.4 Å². The monoisotopic (exact) mass is 732 g/mol. The average molecular weight is 733 g/mol. The number of carbonyl (C=O) groups excluding carboxylic acids is 2. The van der Waals surface area contributed by atoms with Crippen LogP contribution in [0, 0.1) is 11.8 Å². The van der Waals surface area contributed by atoms with Gasteiger partial charge in [-0.15, -0.1) is 11.8 Å². The zero-order valence-electron chi connectivity index (χ0n) is 27.0. The van der Waals surface area contributed by atoms with Crippen LogP contribution in [0.2, 0.25) is 5.15 Å². The summed E-state index contributed by atoms with van der Waals surface area (Å²) in [6.07, 6.45) is -2.97.